The molecule has 7 nitrogen and oxygen atoms in total. The molecule has 2 amide bonds. The number of para-hydroxylation sites is 2. The number of rotatable bonds is 5. The van der Waals surface area contributed by atoms with Crippen LogP contribution in [0.3, 0.4) is 0 Å². The maximum absolute atomic E-state index is 12.7. The zero-order valence-electron chi connectivity index (χ0n) is 18.5. The summed E-state index contributed by atoms with van der Waals surface area (Å²) in [5.41, 5.74) is 1.54. The third-order valence-electron chi connectivity index (χ3n) is 4.51. The molecular formula is C24H21F3N4O3. The van der Waals surface area contributed by atoms with Crippen LogP contribution in [-0.2, 0) is 5.41 Å². The first-order valence-corrected chi connectivity index (χ1v) is 10.1. The number of halogens is 3. The maximum atomic E-state index is 12.7. The number of alkyl halides is 3. The molecule has 0 fully saturated rings. The van der Waals surface area contributed by atoms with Gasteiger partial charge in [0, 0.05) is 5.69 Å². The molecule has 3 aromatic rings. The molecule has 0 bridgehead atoms. The van der Waals surface area contributed by atoms with Gasteiger partial charge in [0.25, 0.3) is 0 Å². The molecule has 176 valence electrons. The number of hydrogen-bond acceptors (Lipinski definition) is 5. The lowest BCUT2D eigenvalue weighted by Gasteiger charge is -2.19. The maximum Gasteiger partial charge on any atom is 0.573 e. The van der Waals surface area contributed by atoms with Crippen LogP contribution < -0.4 is 20.1 Å². The van der Waals surface area contributed by atoms with Crippen molar-refractivity contribution in [2.24, 2.45) is 0 Å². The van der Waals surface area contributed by atoms with Gasteiger partial charge in [-0.2, -0.15) is 5.26 Å². The SMILES string of the molecule is CC(C)(C)c1ccc(NC(=O)Nc2ccc(C#N)nc2Oc2ccccc2OC(F)(F)F)cc1. The van der Waals surface area contributed by atoms with Crippen LogP contribution in [0.1, 0.15) is 32.0 Å². The molecule has 2 N–H and O–H groups in total. The predicted octanol–water partition coefficient (Wildman–Crippen LogP) is 6.59. The number of benzene rings is 2. The standard InChI is InChI=1S/C24H21F3N4O3/c1-23(2,3)15-8-10-16(11-9-15)30-22(32)31-18-13-12-17(14-28)29-21(18)33-19-6-4-5-7-20(19)34-24(25,26)27/h4-13H,1-3H3,(H2,30,31,32). The van der Waals surface area contributed by atoms with Crippen molar-refractivity contribution in [3.63, 3.8) is 0 Å². The van der Waals surface area contributed by atoms with Gasteiger partial charge in [0.05, 0.1) is 0 Å². The van der Waals surface area contributed by atoms with Gasteiger partial charge >= 0.3 is 12.4 Å². The monoisotopic (exact) mass is 470 g/mol. The number of nitrogens with zero attached hydrogens (tertiary/aromatic N) is 2. The second-order valence-electron chi connectivity index (χ2n) is 8.16. The molecule has 0 aliphatic carbocycles. The zero-order chi connectivity index (χ0) is 24.9. The van der Waals surface area contributed by atoms with Crippen molar-refractivity contribution in [3.05, 3.63) is 71.9 Å². The van der Waals surface area contributed by atoms with E-state index in [9.17, 15) is 18.0 Å². The first-order chi connectivity index (χ1) is 15.9. The number of aromatic nitrogens is 1. The lowest BCUT2D eigenvalue weighted by molar-refractivity contribution is -0.275. The smallest absolute Gasteiger partial charge is 0.433 e. The molecule has 0 saturated heterocycles. The minimum atomic E-state index is -4.94. The number of carbonyl (C=O) groups is 1. The van der Waals surface area contributed by atoms with E-state index in [1.807, 2.05) is 18.2 Å². The number of carbonyl (C=O) groups excluding carboxylic acids is 1. The molecule has 0 unspecified atom stereocenters. The van der Waals surface area contributed by atoms with Gasteiger partial charge in [-0.1, -0.05) is 45.0 Å². The van der Waals surface area contributed by atoms with Gasteiger partial charge in [-0.15, -0.1) is 13.2 Å². The first kappa shape index (κ1) is 24.4. The average molecular weight is 470 g/mol. The molecule has 0 radical (unpaired) electrons. The van der Waals surface area contributed by atoms with Crippen molar-refractivity contribution >= 4 is 17.4 Å². The van der Waals surface area contributed by atoms with Crippen molar-refractivity contribution in [1.29, 1.82) is 5.26 Å². The van der Waals surface area contributed by atoms with E-state index in [2.05, 4.69) is 41.1 Å². The van der Waals surface area contributed by atoms with E-state index in [-0.39, 0.29) is 28.4 Å². The number of urea groups is 1. The van der Waals surface area contributed by atoms with Gasteiger partial charge in [-0.3, -0.25) is 0 Å². The van der Waals surface area contributed by atoms with Crippen molar-refractivity contribution in [2.45, 2.75) is 32.5 Å². The van der Waals surface area contributed by atoms with Crippen LogP contribution in [0.5, 0.6) is 17.4 Å². The van der Waals surface area contributed by atoms with Crippen molar-refractivity contribution in [1.82, 2.24) is 4.98 Å². The van der Waals surface area contributed by atoms with E-state index in [0.29, 0.717) is 5.69 Å². The molecular weight excluding hydrogens is 449 g/mol. The van der Waals surface area contributed by atoms with E-state index in [4.69, 9.17) is 10.00 Å². The molecule has 10 heteroatoms. The summed E-state index contributed by atoms with van der Waals surface area (Å²) >= 11 is 0. The molecule has 1 heterocycles. The molecule has 34 heavy (non-hydrogen) atoms. The predicted molar refractivity (Wildman–Crippen MR) is 120 cm³/mol. The van der Waals surface area contributed by atoms with E-state index in [1.54, 1.807) is 12.1 Å². The van der Waals surface area contributed by atoms with Crippen LogP contribution in [0, 0.1) is 11.3 Å². The highest BCUT2D eigenvalue weighted by Gasteiger charge is 2.32. The second kappa shape index (κ2) is 9.70. The normalized spacial score (nSPS) is 11.3. The number of hydrogen-bond donors (Lipinski definition) is 2. The summed E-state index contributed by atoms with van der Waals surface area (Å²) in [5, 5.41) is 14.3. The molecule has 0 aliphatic rings. The van der Waals surface area contributed by atoms with Crippen LogP contribution in [-0.4, -0.2) is 17.4 Å². The Balaban J connectivity index is 1.81. The summed E-state index contributed by atoms with van der Waals surface area (Å²) in [5.74, 6) is -1.19. The molecule has 0 saturated carbocycles. The number of nitriles is 1. The number of amides is 2. The van der Waals surface area contributed by atoms with E-state index < -0.39 is 18.1 Å². The van der Waals surface area contributed by atoms with Crippen molar-refractivity contribution in [3.8, 4) is 23.4 Å². The largest absolute Gasteiger partial charge is 0.573 e. The quantitative estimate of drug-likeness (QED) is 0.439. The summed E-state index contributed by atoms with van der Waals surface area (Å²) < 4.78 is 47.7. The fourth-order valence-electron chi connectivity index (χ4n) is 2.86. The molecule has 3 rings (SSSR count). The van der Waals surface area contributed by atoms with Gasteiger partial charge in [-0.25, -0.2) is 9.78 Å². The van der Waals surface area contributed by atoms with Crippen LogP contribution >= 0.6 is 0 Å². The Kier molecular flexibility index (Phi) is 6.96. The summed E-state index contributed by atoms with van der Waals surface area (Å²) in [6.07, 6.45) is -4.94. The Morgan fingerprint density at radius 3 is 2.18 bits per heavy atom. The third-order valence-corrected chi connectivity index (χ3v) is 4.51. The Morgan fingerprint density at radius 1 is 0.941 bits per heavy atom. The van der Waals surface area contributed by atoms with E-state index in [1.165, 1.54) is 30.3 Å². The first-order valence-electron chi connectivity index (χ1n) is 10.1. The lowest BCUT2D eigenvalue weighted by atomic mass is 9.87. The van der Waals surface area contributed by atoms with Gasteiger partial charge in [0.2, 0.25) is 5.88 Å². The number of pyridine rings is 1. The highest BCUT2D eigenvalue weighted by molar-refractivity contribution is 6.00. The van der Waals surface area contributed by atoms with Gasteiger partial charge in [0.15, 0.2) is 11.5 Å². The van der Waals surface area contributed by atoms with Crippen LogP contribution in [0.25, 0.3) is 0 Å². The summed E-state index contributed by atoms with van der Waals surface area (Å²) in [6, 6.07) is 16.2. The zero-order valence-corrected chi connectivity index (χ0v) is 18.5. The minimum absolute atomic E-state index is 0.0321. The van der Waals surface area contributed by atoms with Gasteiger partial charge < -0.3 is 20.1 Å². The van der Waals surface area contributed by atoms with Crippen LogP contribution in [0.4, 0.5) is 29.3 Å². The fourth-order valence-corrected chi connectivity index (χ4v) is 2.86. The molecule has 1 aromatic heterocycles. The van der Waals surface area contributed by atoms with Gasteiger partial charge in [-0.05, 0) is 47.4 Å². The van der Waals surface area contributed by atoms with Crippen LogP contribution in [0.2, 0.25) is 0 Å². The number of nitrogens with one attached hydrogen (secondary N) is 2. The molecule has 0 atom stereocenters. The van der Waals surface area contributed by atoms with Crippen LogP contribution in [0.15, 0.2) is 60.7 Å². The average Bonchev–Trinajstić information content (AvgIpc) is 2.75. The summed E-state index contributed by atoms with van der Waals surface area (Å²) in [6.45, 7) is 6.21. The highest BCUT2D eigenvalue weighted by atomic mass is 19.4. The second-order valence-corrected chi connectivity index (χ2v) is 8.16. The Labute approximate surface area is 194 Å². The summed E-state index contributed by atoms with van der Waals surface area (Å²) in [4.78, 5) is 16.5. The molecule has 0 spiro atoms. The Morgan fingerprint density at radius 2 is 1.59 bits per heavy atom. The fraction of sp³-hybridized carbons (Fsp3) is 0.208. The number of ether oxygens (including phenoxy) is 2. The summed E-state index contributed by atoms with van der Waals surface area (Å²) in [7, 11) is 0. The van der Waals surface area contributed by atoms with E-state index in [0.717, 1.165) is 11.6 Å². The molecule has 2 aromatic carbocycles. The lowest BCUT2D eigenvalue weighted by Crippen LogP contribution is -2.20. The Bertz CT molecular complexity index is 1210. The number of anilines is 2. The minimum Gasteiger partial charge on any atom is -0.433 e. The topological polar surface area (TPSA) is 96.3 Å². The van der Waals surface area contributed by atoms with Crippen molar-refractivity contribution in [2.75, 3.05) is 10.6 Å². The van der Waals surface area contributed by atoms with E-state index >= 15 is 0 Å². The highest BCUT2D eigenvalue weighted by Crippen LogP contribution is 2.36. The Hall–Kier alpha value is -4.26. The third kappa shape index (κ3) is 6.62. The molecule has 0 aliphatic heterocycles. The van der Waals surface area contributed by atoms with Crippen molar-refractivity contribution < 1.29 is 27.4 Å². The van der Waals surface area contributed by atoms with Gasteiger partial charge in [0.1, 0.15) is 17.5 Å².